The number of aliphatic carboxylic acids is 1. The molecule has 0 aliphatic heterocycles. The highest BCUT2D eigenvalue weighted by Crippen LogP contribution is 2.35. The summed E-state index contributed by atoms with van der Waals surface area (Å²) >= 11 is 0. The second kappa shape index (κ2) is 10.3. The van der Waals surface area contributed by atoms with Gasteiger partial charge in [0, 0.05) is 0 Å². The van der Waals surface area contributed by atoms with E-state index >= 15 is 0 Å². The molecule has 2 N–H and O–H groups in total. The monoisotopic (exact) mass is 332 g/mol. The first-order valence-corrected chi connectivity index (χ1v) is 9.12. The summed E-state index contributed by atoms with van der Waals surface area (Å²) in [4.78, 5) is 11.8. The molecule has 0 aliphatic carbocycles. The van der Waals surface area contributed by atoms with Crippen LogP contribution in [0, 0.1) is 5.41 Å². The number of carboxylic acids is 1. The van der Waals surface area contributed by atoms with E-state index in [4.69, 9.17) is 0 Å². The topological polar surface area (TPSA) is 57.5 Å². The van der Waals surface area contributed by atoms with Crippen LogP contribution in [0.3, 0.4) is 0 Å². The van der Waals surface area contributed by atoms with Gasteiger partial charge in [-0.1, -0.05) is 75.9 Å². The molecule has 0 spiro atoms. The molecule has 0 radical (unpaired) electrons. The third kappa shape index (κ3) is 5.79. The summed E-state index contributed by atoms with van der Waals surface area (Å²) in [7, 11) is 0. The summed E-state index contributed by atoms with van der Waals surface area (Å²) in [6.45, 7) is 5.78. The molecular weight excluding hydrogens is 300 g/mol. The first kappa shape index (κ1) is 20.4. The summed E-state index contributed by atoms with van der Waals surface area (Å²) in [5.41, 5.74) is 0.696. The van der Waals surface area contributed by atoms with Crippen molar-refractivity contribution >= 4 is 12.0 Å². The van der Waals surface area contributed by atoms with Crippen molar-refractivity contribution in [1.29, 1.82) is 0 Å². The summed E-state index contributed by atoms with van der Waals surface area (Å²) in [5.74, 6) is -0.927. The lowest BCUT2D eigenvalue weighted by Crippen LogP contribution is -2.41. The minimum atomic E-state index is -1.14. The molecule has 2 atom stereocenters. The standard InChI is InChI=1S/C21H32O3/c1-4-6-7-11-14-18(16-17-12-9-8-10-13-17)19(22)21(3,15-5-2)20(23)24/h8-10,12-13,16,19,22H,4-7,11,14-15H2,1-3H3,(H,23,24)/b18-16-. The zero-order chi connectivity index (χ0) is 18.0. The van der Waals surface area contributed by atoms with E-state index in [1.54, 1.807) is 6.92 Å². The normalized spacial score (nSPS) is 15.8. The minimum absolute atomic E-state index is 0.463. The van der Waals surface area contributed by atoms with Crippen molar-refractivity contribution in [3.63, 3.8) is 0 Å². The van der Waals surface area contributed by atoms with Crippen LogP contribution in [0.25, 0.3) is 6.08 Å². The molecule has 2 unspecified atom stereocenters. The number of aliphatic hydroxyl groups excluding tert-OH is 1. The molecule has 0 heterocycles. The second-order valence-electron chi connectivity index (χ2n) is 6.82. The maximum Gasteiger partial charge on any atom is 0.312 e. The van der Waals surface area contributed by atoms with Crippen molar-refractivity contribution in [2.24, 2.45) is 5.41 Å². The number of hydrogen-bond acceptors (Lipinski definition) is 2. The van der Waals surface area contributed by atoms with Crippen LogP contribution >= 0.6 is 0 Å². The van der Waals surface area contributed by atoms with Gasteiger partial charge in [0.1, 0.15) is 0 Å². The van der Waals surface area contributed by atoms with Crippen molar-refractivity contribution in [1.82, 2.24) is 0 Å². The van der Waals surface area contributed by atoms with Crippen molar-refractivity contribution < 1.29 is 15.0 Å². The Morgan fingerprint density at radius 2 is 1.79 bits per heavy atom. The van der Waals surface area contributed by atoms with Crippen LogP contribution < -0.4 is 0 Å². The van der Waals surface area contributed by atoms with Gasteiger partial charge in [-0.25, -0.2) is 0 Å². The van der Waals surface area contributed by atoms with E-state index < -0.39 is 17.5 Å². The highest BCUT2D eigenvalue weighted by molar-refractivity contribution is 5.76. The van der Waals surface area contributed by atoms with Gasteiger partial charge in [-0.15, -0.1) is 0 Å². The Balaban J connectivity index is 3.06. The Morgan fingerprint density at radius 1 is 1.12 bits per heavy atom. The van der Waals surface area contributed by atoms with E-state index in [1.165, 1.54) is 6.42 Å². The SMILES string of the molecule is CCCCCC/C(=C/c1ccccc1)C(O)C(C)(CCC)C(=O)O. The maximum absolute atomic E-state index is 11.8. The molecule has 134 valence electrons. The Labute approximate surface area is 146 Å². The highest BCUT2D eigenvalue weighted by Gasteiger charge is 2.41. The molecule has 0 saturated heterocycles. The average Bonchev–Trinajstić information content (AvgIpc) is 2.58. The zero-order valence-electron chi connectivity index (χ0n) is 15.3. The van der Waals surface area contributed by atoms with Crippen molar-refractivity contribution in [2.45, 2.75) is 71.8 Å². The van der Waals surface area contributed by atoms with Gasteiger partial charge in [0.05, 0.1) is 11.5 Å². The van der Waals surface area contributed by atoms with Gasteiger partial charge >= 0.3 is 5.97 Å². The Kier molecular flexibility index (Phi) is 8.77. The average molecular weight is 332 g/mol. The smallest absolute Gasteiger partial charge is 0.312 e. The molecule has 0 amide bonds. The molecule has 1 aromatic rings. The lowest BCUT2D eigenvalue weighted by molar-refractivity contribution is -0.154. The third-order valence-corrected chi connectivity index (χ3v) is 4.68. The molecule has 0 bridgehead atoms. The molecule has 3 nitrogen and oxygen atoms in total. The molecule has 0 saturated carbocycles. The number of hydrogen-bond donors (Lipinski definition) is 2. The molecule has 0 aliphatic rings. The number of benzene rings is 1. The van der Waals surface area contributed by atoms with Gasteiger partial charge in [-0.3, -0.25) is 4.79 Å². The molecule has 0 aromatic heterocycles. The maximum atomic E-state index is 11.8. The lowest BCUT2D eigenvalue weighted by Gasteiger charge is -2.32. The van der Waals surface area contributed by atoms with E-state index in [2.05, 4.69) is 6.92 Å². The number of carboxylic acid groups (broad SMARTS) is 1. The molecule has 1 aromatic carbocycles. The van der Waals surface area contributed by atoms with Crippen LogP contribution in [0.15, 0.2) is 35.9 Å². The van der Waals surface area contributed by atoms with Crippen LogP contribution in [0.2, 0.25) is 0 Å². The van der Waals surface area contributed by atoms with Gasteiger partial charge in [0.2, 0.25) is 0 Å². The zero-order valence-corrected chi connectivity index (χ0v) is 15.3. The van der Waals surface area contributed by atoms with Crippen molar-refractivity contribution in [2.75, 3.05) is 0 Å². The van der Waals surface area contributed by atoms with Crippen LogP contribution in [0.4, 0.5) is 0 Å². The van der Waals surface area contributed by atoms with Crippen LogP contribution in [0.5, 0.6) is 0 Å². The van der Waals surface area contributed by atoms with Crippen LogP contribution in [-0.4, -0.2) is 22.3 Å². The predicted octanol–water partition coefficient (Wildman–Crippen LogP) is 5.29. The summed E-state index contributed by atoms with van der Waals surface area (Å²) < 4.78 is 0. The minimum Gasteiger partial charge on any atom is -0.481 e. The van der Waals surface area contributed by atoms with Crippen molar-refractivity contribution in [3.8, 4) is 0 Å². The second-order valence-corrected chi connectivity index (χ2v) is 6.82. The van der Waals surface area contributed by atoms with Gasteiger partial charge < -0.3 is 10.2 Å². The predicted molar refractivity (Wildman–Crippen MR) is 99.8 cm³/mol. The fourth-order valence-corrected chi connectivity index (χ4v) is 3.10. The Bertz CT molecular complexity index is 521. The van der Waals surface area contributed by atoms with Crippen LogP contribution in [-0.2, 0) is 4.79 Å². The number of rotatable bonds is 11. The van der Waals surface area contributed by atoms with Crippen LogP contribution in [0.1, 0.15) is 71.3 Å². The van der Waals surface area contributed by atoms with E-state index in [-0.39, 0.29) is 0 Å². The lowest BCUT2D eigenvalue weighted by atomic mass is 9.75. The largest absolute Gasteiger partial charge is 0.481 e. The van der Waals surface area contributed by atoms with Gasteiger partial charge in [0.25, 0.3) is 0 Å². The van der Waals surface area contributed by atoms with E-state index in [9.17, 15) is 15.0 Å². The fraction of sp³-hybridized carbons (Fsp3) is 0.571. The summed E-state index contributed by atoms with van der Waals surface area (Å²) in [6.07, 6.45) is 7.34. The quantitative estimate of drug-likeness (QED) is 0.541. The van der Waals surface area contributed by atoms with Gasteiger partial charge in [0.15, 0.2) is 0 Å². The Morgan fingerprint density at radius 3 is 2.33 bits per heavy atom. The Hall–Kier alpha value is -1.61. The molecule has 0 fully saturated rings. The summed E-state index contributed by atoms with van der Waals surface area (Å²) in [5, 5.41) is 20.6. The van der Waals surface area contributed by atoms with Crippen molar-refractivity contribution in [3.05, 3.63) is 41.5 Å². The fourth-order valence-electron chi connectivity index (χ4n) is 3.10. The van der Waals surface area contributed by atoms with E-state index in [1.807, 2.05) is 43.3 Å². The number of carbonyl (C=O) groups is 1. The third-order valence-electron chi connectivity index (χ3n) is 4.68. The van der Waals surface area contributed by atoms with Gasteiger partial charge in [-0.2, -0.15) is 0 Å². The number of unbranched alkanes of at least 4 members (excludes halogenated alkanes) is 3. The molecule has 3 heteroatoms. The first-order chi connectivity index (χ1) is 11.5. The summed E-state index contributed by atoms with van der Waals surface area (Å²) in [6, 6.07) is 9.82. The van der Waals surface area contributed by atoms with Gasteiger partial charge in [-0.05, 0) is 37.3 Å². The molecular formula is C21H32O3. The van der Waals surface area contributed by atoms with E-state index in [0.29, 0.717) is 6.42 Å². The molecule has 1 rings (SSSR count). The number of aliphatic hydroxyl groups is 1. The first-order valence-electron chi connectivity index (χ1n) is 9.12. The molecule has 24 heavy (non-hydrogen) atoms. The van der Waals surface area contributed by atoms with E-state index in [0.717, 1.165) is 43.2 Å². The highest BCUT2D eigenvalue weighted by atomic mass is 16.4.